The van der Waals surface area contributed by atoms with Crippen LogP contribution in [-0.2, 0) is 14.4 Å². The van der Waals surface area contributed by atoms with Crippen LogP contribution in [0.5, 0.6) is 0 Å². The van der Waals surface area contributed by atoms with Crippen LogP contribution in [0.15, 0.2) is 29.2 Å². The molecule has 0 aromatic heterocycles. The van der Waals surface area contributed by atoms with Crippen LogP contribution in [0, 0.1) is 0 Å². The van der Waals surface area contributed by atoms with Crippen LogP contribution < -0.4 is 9.62 Å². The summed E-state index contributed by atoms with van der Waals surface area (Å²) >= 11 is 0. The molecule has 0 fully saturated rings. The third kappa shape index (κ3) is 8.19. The van der Waals surface area contributed by atoms with E-state index in [2.05, 4.69) is 52.4 Å². The molecule has 0 unspecified atom stereocenters. The SMILES string of the molecule is CCCCC(CCCC)(CO[Si](C)(C)C(C)(C)C)NS(=O)(=O)c1ccc(N(C)C)cc1. The monoisotopic (exact) mass is 470 g/mol. The lowest BCUT2D eigenvalue weighted by atomic mass is 9.89. The van der Waals surface area contributed by atoms with Gasteiger partial charge in [-0.25, -0.2) is 13.1 Å². The zero-order valence-electron chi connectivity index (χ0n) is 21.3. The summed E-state index contributed by atoms with van der Waals surface area (Å²) < 4.78 is 36.5. The van der Waals surface area contributed by atoms with Crippen LogP contribution in [0.2, 0.25) is 18.1 Å². The first-order valence-corrected chi connectivity index (χ1v) is 16.0. The zero-order chi connectivity index (χ0) is 23.9. The maximum Gasteiger partial charge on any atom is 0.241 e. The van der Waals surface area contributed by atoms with Gasteiger partial charge in [0, 0.05) is 19.8 Å². The van der Waals surface area contributed by atoms with Gasteiger partial charge < -0.3 is 9.33 Å². The van der Waals surface area contributed by atoms with Crippen molar-refractivity contribution >= 4 is 24.0 Å². The molecule has 1 N–H and O–H groups in total. The second-order valence-corrected chi connectivity index (χ2v) is 17.0. The summed E-state index contributed by atoms with van der Waals surface area (Å²) in [5, 5.41) is 0.0785. The lowest BCUT2D eigenvalue weighted by Gasteiger charge is -2.42. The van der Waals surface area contributed by atoms with E-state index in [4.69, 9.17) is 4.43 Å². The Hall–Kier alpha value is -0.893. The number of unbranched alkanes of at least 4 members (excludes halogenated alkanes) is 2. The Kier molecular flexibility index (Phi) is 10.3. The Balaban J connectivity index is 3.26. The molecule has 1 aromatic carbocycles. The van der Waals surface area contributed by atoms with E-state index in [1.165, 1.54) is 0 Å². The fraction of sp³-hybridized carbons (Fsp3) is 0.750. The summed E-state index contributed by atoms with van der Waals surface area (Å²) in [7, 11) is -1.78. The highest BCUT2D eigenvalue weighted by molar-refractivity contribution is 7.89. The highest BCUT2D eigenvalue weighted by Gasteiger charge is 2.41. The van der Waals surface area contributed by atoms with Crippen LogP contribution in [0.4, 0.5) is 5.69 Å². The van der Waals surface area contributed by atoms with Crippen LogP contribution in [0.3, 0.4) is 0 Å². The number of benzene rings is 1. The van der Waals surface area contributed by atoms with E-state index in [9.17, 15) is 8.42 Å². The third-order valence-corrected chi connectivity index (χ3v) is 12.6. The highest BCUT2D eigenvalue weighted by atomic mass is 32.2. The second-order valence-electron chi connectivity index (χ2n) is 10.5. The Morgan fingerprint density at radius 1 is 0.968 bits per heavy atom. The highest BCUT2D eigenvalue weighted by Crippen LogP contribution is 2.38. The molecule has 180 valence electrons. The van der Waals surface area contributed by atoms with Crippen LogP contribution in [0.1, 0.15) is 73.1 Å². The van der Waals surface area contributed by atoms with Crippen LogP contribution in [0.25, 0.3) is 0 Å². The molecule has 0 spiro atoms. The molecule has 0 atom stereocenters. The molecular weight excluding hydrogens is 424 g/mol. The molecule has 5 nitrogen and oxygen atoms in total. The first-order valence-electron chi connectivity index (χ1n) is 11.6. The first kappa shape index (κ1) is 28.1. The lowest BCUT2D eigenvalue weighted by Crippen LogP contribution is -2.55. The number of nitrogens with zero attached hydrogens (tertiary/aromatic N) is 1. The third-order valence-electron chi connectivity index (χ3n) is 6.55. The first-order chi connectivity index (χ1) is 14.2. The number of nitrogens with one attached hydrogen (secondary N) is 1. The van der Waals surface area contributed by atoms with Crippen molar-refractivity contribution in [1.82, 2.24) is 4.72 Å². The van der Waals surface area contributed by atoms with Crippen molar-refractivity contribution in [3.8, 4) is 0 Å². The fourth-order valence-electron chi connectivity index (χ4n) is 3.23. The van der Waals surface area contributed by atoms with Crippen LogP contribution in [-0.4, -0.2) is 43.0 Å². The predicted octanol–water partition coefficient (Wildman–Crippen LogP) is 6.17. The van der Waals surface area contributed by atoms with Crippen molar-refractivity contribution in [3.63, 3.8) is 0 Å². The maximum absolute atomic E-state index is 13.4. The predicted molar refractivity (Wildman–Crippen MR) is 136 cm³/mol. The van der Waals surface area contributed by atoms with Crippen molar-refractivity contribution < 1.29 is 12.8 Å². The molecule has 0 radical (unpaired) electrons. The fourth-order valence-corrected chi connectivity index (χ4v) is 5.75. The van der Waals surface area contributed by atoms with Gasteiger partial charge in [-0.1, -0.05) is 60.3 Å². The van der Waals surface area contributed by atoms with Gasteiger partial charge in [0.2, 0.25) is 10.0 Å². The number of hydrogen-bond acceptors (Lipinski definition) is 4. The normalized spacial score (nSPS) is 13.5. The van der Waals surface area contributed by atoms with Crippen molar-refractivity contribution in [1.29, 1.82) is 0 Å². The Bertz CT molecular complexity index is 761. The van der Waals surface area contributed by atoms with E-state index in [1.54, 1.807) is 12.1 Å². The molecule has 0 heterocycles. The van der Waals surface area contributed by atoms with E-state index in [0.29, 0.717) is 11.5 Å². The van der Waals surface area contributed by atoms with Gasteiger partial charge in [-0.2, -0.15) is 0 Å². The van der Waals surface area contributed by atoms with Gasteiger partial charge in [-0.05, 0) is 55.2 Å². The summed E-state index contributed by atoms with van der Waals surface area (Å²) in [5.41, 5.74) is 0.393. The molecular formula is C24H46N2O3SSi. The molecule has 0 aliphatic carbocycles. The summed E-state index contributed by atoms with van der Waals surface area (Å²) in [6, 6.07) is 7.08. The lowest BCUT2D eigenvalue weighted by molar-refractivity contribution is 0.162. The molecule has 1 aromatic rings. The summed E-state index contributed by atoms with van der Waals surface area (Å²) in [4.78, 5) is 2.27. The number of rotatable bonds is 13. The largest absolute Gasteiger partial charge is 0.415 e. The van der Waals surface area contributed by atoms with Gasteiger partial charge in [0.05, 0.1) is 17.0 Å². The topological polar surface area (TPSA) is 58.6 Å². The molecule has 0 aliphatic heterocycles. The summed E-state index contributed by atoms with van der Waals surface area (Å²) in [6.45, 7) is 15.8. The average molecular weight is 471 g/mol. The Morgan fingerprint density at radius 2 is 1.45 bits per heavy atom. The van der Waals surface area contributed by atoms with E-state index in [-0.39, 0.29) is 5.04 Å². The number of anilines is 1. The zero-order valence-corrected chi connectivity index (χ0v) is 23.2. The molecule has 1 rings (SSSR count). The molecule has 0 amide bonds. The molecule has 0 saturated heterocycles. The van der Waals surface area contributed by atoms with E-state index >= 15 is 0 Å². The molecule has 0 saturated carbocycles. The standard InChI is InChI=1S/C24H46N2O3SSi/c1-10-12-18-24(19-13-11-2,20-29-31(8,9)23(3,4)5)25-30(27,28)22-16-14-21(15-17-22)26(6)7/h14-17,25H,10-13,18-20H2,1-9H3. The smallest absolute Gasteiger partial charge is 0.241 e. The molecule has 31 heavy (non-hydrogen) atoms. The quantitative estimate of drug-likeness (QED) is 0.350. The summed E-state index contributed by atoms with van der Waals surface area (Å²) in [6.07, 6.45) is 5.54. The minimum atomic E-state index is -3.66. The Labute approximate surface area is 193 Å². The van der Waals surface area contributed by atoms with E-state index < -0.39 is 23.9 Å². The molecule has 0 bridgehead atoms. The van der Waals surface area contributed by atoms with Gasteiger partial charge in [0.25, 0.3) is 0 Å². The molecule has 0 aliphatic rings. The van der Waals surface area contributed by atoms with Gasteiger partial charge >= 0.3 is 0 Å². The number of hydrogen-bond donors (Lipinski definition) is 1. The second kappa shape index (κ2) is 11.3. The van der Waals surface area contributed by atoms with Gasteiger partial charge in [-0.15, -0.1) is 0 Å². The van der Waals surface area contributed by atoms with Crippen molar-refractivity contribution in [2.24, 2.45) is 0 Å². The van der Waals surface area contributed by atoms with Crippen molar-refractivity contribution in [2.45, 2.75) is 102 Å². The number of sulfonamides is 1. The minimum absolute atomic E-state index is 0.0785. The minimum Gasteiger partial charge on any atom is -0.415 e. The van der Waals surface area contributed by atoms with Gasteiger partial charge in [0.1, 0.15) is 0 Å². The van der Waals surface area contributed by atoms with E-state index in [1.807, 2.05) is 31.1 Å². The van der Waals surface area contributed by atoms with Crippen LogP contribution >= 0.6 is 0 Å². The van der Waals surface area contributed by atoms with Gasteiger partial charge in [-0.3, -0.25) is 0 Å². The maximum atomic E-state index is 13.4. The van der Waals surface area contributed by atoms with E-state index in [0.717, 1.165) is 44.2 Å². The Morgan fingerprint density at radius 3 is 1.84 bits per heavy atom. The summed E-state index contributed by atoms with van der Waals surface area (Å²) in [5.74, 6) is 0. The molecule has 7 heteroatoms. The van der Waals surface area contributed by atoms with Gasteiger partial charge in [0.15, 0.2) is 8.32 Å². The average Bonchev–Trinajstić information content (AvgIpc) is 2.68. The van der Waals surface area contributed by atoms with Crippen molar-refractivity contribution in [3.05, 3.63) is 24.3 Å². The van der Waals surface area contributed by atoms with Crippen molar-refractivity contribution in [2.75, 3.05) is 25.6 Å².